The van der Waals surface area contributed by atoms with E-state index in [0.29, 0.717) is 13.0 Å². The van der Waals surface area contributed by atoms with Crippen molar-refractivity contribution in [3.8, 4) is 5.75 Å². The third-order valence-electron chi connectivity index (χ3n) is 4.89. The van der Waals surface area contributed by atoms with Crippen molar-refractivity contribution >= 4 is 27.5 Å². The quantitative estimate of drug-likeness (QED) is 0.709. The molecule has 1 saturated heterocycles. The molecule has 0 bridgehead atoms. The zero-order valence-corrected chi connectivity index (χ0v) is 16.1. The van der Waals surface area contributed by atoms with Gasteiger partial charge in [0.15, 0.2) is 0 Å². The first-order chi connectivity index (χ1) is 13.3. The fourth-order valence-electron chi connectivity index (χ4n) is 3.39. The summed E-state index contributed by atoms with van der Waals surface area (Å²) in [6, 6.07) is 17.9. The van der Waals surface area contributed by atoms with Gasteiger partial charge >= 0.3 is 0 Å². The number of quaternary nitrogens is 1. The molecule has 0 unspecified atom stereocenters. The molecule has 6 heteroatoms. The van der Waals surface area contributed by atoms with E-state index in [4.69, 9.17) is 9.72 Å². The van der Waals surface area contributed by atoms with Crippen molar-refractivity contribution in [2.75, 3.05) is 32.8 Å². The Labute approximate surface area is 163 Å². The van der Waals surface area contributed by atoms with Crippen LogP contribution in [0.3, 0.4) is 0 Å². The molecule has 27 heavy (non-hydrogen) atoms. The van der Waals surface area contributed by atoms with E-state index in [1.54, 1.807) is 11.3 Å². The summed E-state index contributed by atoms with van der Waals surface area (Å²) in [6.45, 7) is 4.94. The monoisotopic (exact) mass is 382 g/mol. The van der Waals surface area contributed by atoms with E-state index >= 15 is 0 Å². The number of nitrogens with zero attached hydrogens (tertiary/aromatic N) is 2. The number of aromatic nitrogens is 1. The van der Waals surface area contributed by atoms with Crippen molar-refractivity contribution in [2.24, 2.45) is 0 Å². The second kappa shape index (κ2) is 8.50. The van der Waals surface area contributed by atoms with Gasteiger partial charge in [0.2, 0.25) is 5.91 Å². The Morgan fingerprint density at radius 2 is 1.81 bits per heavy atom. The Kier molecular flexibility index (Phi) is 5.65. The van der Waals surface area contributed by atoms with Crippen LogP contribution in [0.5, 0.6) is 5.75 Å². The highest BCUT2D eigenvalue weighted by molar-refractivity contribution is 7.18. The van der Waals surface area contributed by atoms with Crippen LogP contribution >= 0.6 is 11.3 Å². The average Bonchev–Trinajstić information content (AvgIpc) is 3.11. The maximum Gasteiger partial charge on any atom is 0.226 e. The molecule has 0 radical (unpaired) electrons. The lowest BCUT2D eigenvalue weighted by Crippen LogP contribution is -3.13. The molecule has 1 aliphatic rings. The van der Waals surface area contributed by atoms with Crippen LogP contribution in [-0.4, -0.2) is 48.6 Å². The predicted octanol–water partition coefficient (Wildman–Crippen LogP) is 1.99. The number of fused-ring (bicyclic) bond motifs is 1. The lowest BCUT2D eigenvalue weighted by atomic mass is 10.3. The second-order valence-electron chi connectivity index (χ2n) is 6.79. The number of thiazole rings is 1. The van der Waals surface area contributed by atoms with Gasteiger partial charge in [0, 0.05) is 0 Å². The highest BCUT2D eigenvalue weighted by Crippen LogP contribution is 2.20. The molecular weight excluding hydrogens is 358 g/mol. The van der Waals surface area contributed by atoms with Gasteiger partial charge in [0.05, 0.1) is 49.4 Å². The van der Waals surface area contributed by atoms with E-state index in [1.165, 1.54) is 14.6 Å². The van der Waals surface area contributed by atoms with Crippen molar-refractivity contribution in [1.29, 1.82) is 0 Å². The summed E-state index contributed by atoms with van der Waals surface area (Å²) in [7, 11) is 0. The number of carbonyl (C=O) groups is 1. The van der Waals surface area contributed by atoms with Crippen LogP contribution < -0.4 is 9.64 Å². The number of para-hydroxylation sites is 2. The molecule has 1 aromatic heterocycles. The number of carbonyl (C=O) groups excluding carboxylic acids is 1. The summed E-state index contributed by atoms with van der Waals surface area (Å²) < 4.78 is 6.89. The average molecular weight is 383 g/mol. The zero-order valence-electron chi connectivity index (χ0n) is 15.3. The van der Waals surface area contributed by atoms with E-state index < -0.39 is 0 Å². The normalized spacial score (nSPS) is 15.2. The van der Waals surface area contributed by atoms with Gasteiger partial charge in [-0.05, 0) is 24.3 Å². The first-order valence-corrected chi connectivity index (χ1v) is 10.2. The molecule has 5 nitrogen and oxygen atoms in total. The maximum absolute atomic E-state index is 12.4. The third-order valence-corrected chi connectivity index (χ3v) is 5.93. The Morgan fingerprint density at radius 3 is 2.59 bits per heavy atom. The number of ether oxygens (including phenoxy) is 1. The van der Waals surface area contributed by atoms with Crippen molar-refractivity contribution in [3.63, 3.8) is 0 Å². The van der Waals surface area contributed by atoms with Crippen LogP contribution in [0.4, 0.5) is 0 Å². The molecule has 0 spiro atoms. The highest BCUT2D eigenvalue weighted by atomic mass is 32.1. The Bertz CT molecular complexity index is 856. The summed E-state index contributed by atoms with van der Waals surface area (Å²) in [5.41, 5.74) is 1.09. The van der Waals surface area contributed by atoms with Gasteiger partial charge in [-0.25, -0.2) is 4.98 Å². The van der Waals surface area contributed by atoms with Gasteiger partial charge in [0.25, 0.3) is 0 Å². The van der Waals surface area contributed by atoms with E-state index in [1.807, 2.05) is 41.3 Å². The van der Waals surface area contributed by atoms with Gasteiger partial charge in [-0.2, -0.15) is 0 Å². The molecular formula is C21H24N3O2S+. The smallest absolute Gasteiger partial charge is 0.226 e. The van der Waals surface area contributed by atoms with Crippen LogP contribution in [0.15, 0.2) is 54.6 Å². The van der Waals surface area contributed by atoms with Crippen molar-refractivity contribution < 1.29 is 14.4 Å². The molecule has 3 aromatic rings. The second-order valence-corrected chi connectivity index (χ2v) is 7.91. The van der Waals surface area contributed by atoms with Gasteiger partial charge in [-0.1, -0.05) is 30.3 Å². The largest absolute Gasteiger partial charge is 0.493 e. The number of nitrogens with one attached hydrogen (secondary N) is 1. The van der Waals surface area contributed by atoms with Crippen molar-refractivity contribution in [2.45, 2.75) is 13.0 Å². The Morgan fingerprint density at radius 1 is 1.07 bits per heavy atom. The molecule has 1 amide bonds. The number of hydrogen-bond donors (Lipinski definition) is 1. The highest BCUT2D eigenvalue weighted by Gasteiger charge is 2.24. The Hall–Kier alpha value is -2.44. The van der Waals surface area contributed by atoms with Crippen LogP contribution in [0.2, 0.25) is 0 Å². The number of hydrogen-bond acceptors (Lipinski definition) is 4. The number of piperazine rings is 1. The van der Waals surface area contributed by atoms with Gasteiger partial charge in [-0.3, -0.25) is 4.79 Å². The summed E-state index contributed by atoms with van der Waals surface area (Å²) in [6.07, 6.45) is 0.433. The molecule has 4 rings (SSSR count). The first kappa shape index (κ1) is 17.9. The lowest BCUT2D eigenvalue weighted by Gasteiger charge is -2.31. The molecule has 1 aliphatic heterocycles. The third kappa shape index (κ3) is 4.64. The van der Waals surface area contributed by atoms with Crippen LogP contribution in [0, 0.1) is 0 Å². The van der Waals surface area contributed by atoms with E-state index in [0.717, 1.165) is 44.0 Å². The van der Waals surface area contributed by atoms with Crippen LogP contribution in [0.25, 0.3) is 10.2 Å². The number of amides is 1. The standard InChI is InChI=1S/C21H23N3O2S/c25-21(10-15-26-17-6-2-1-3-7-17)24-13-11-23(12-14-24)16-20-22-18-8-4-5-9-19(18)27-20/h1-9H,10-16H2/p+1. The van der Waals surface area contributed by atoms with Gasteiger partial charge in [-0.15, -0.1) is 11.3 Å². The van der Waals surface area contributed by atoms with E-state index in [-0.39, 0.29) is 5.91 Å². The molecule has 1 N–H and O–H groups in total. The minimum absolute atomic E-state index is 0.185. The molecule has 0 saturated carbocycles. The molecule has 0 aliphatic carbocycles. The van der Waals surface area contributed by atoms with Crippen LogP contribution in [0.1, 0.15) is 11.4 Å². The molecule has 2 aromatic carbocycles. The molecule has 2 heterocycles. The fourth-order valence-corrected chi connectivity index (χ4v) is 4.43. The summed E-state index contributed by atoms with van der Waals surface area (Å²) in [5, 5.41) is 1.18. The van der Waals surface area contributed by atoms with Crippen molar-refractivity contribution in [1.82, 2.24) is 9.88 Å². The summed E-state index contributed by atoms with van der Waals surface area (Å²) in [5.74, 6) is 1.00. The predicted molar refractivity (Wildman–Crippen MR) is 107 cm³/mol. The zero-order chi connectivity index (χ0) is 18.5. The fraction of sp³-hybridized carbons (Fsp3) is 0.333. The summed E-state index contributed by atoms with van der Waals surface area (Å²) in [4.78, 5) is 20.6. The van der Waals surface area contributed by atoms with Crippen LogP contribution in [-0.2, 0) is 11.3 Å². The number of benzene rings is 2. The summed E-state index contributed by atoms with van der Waals surface area (Å²) >= 11 is 1.78. The molecule has 0 atom stereocenters. The minimum atomic E-state index is 0.185. The van der Waals surface area contributed by atoms with E-state index in [2.05, 4.69) is 18.2 Å². The molecule has 140 valence electrons. The maximum atomic E-state index is 12.4. The topological polar surface area (TPSA) is 46.9 Å². The van der Waals surface area contributed by atoms with Gasteiger partial charge < -0.3 is 14.5 Å². The molecule has 1 fully saturated rings. The number of rotatable bonds is 6. The lowest BCUT2D eigenvalue weighted by molar-refractivity contribution is -0.917. The minimum Gasteiger partial charge on any atom is -0.493 e. The van der Waals surface area contributed by atoms with E-state index in [9.17, 15) is 4.79 Å². The van der Waals surface area contributed by atoms with Gasteiger partial charge in [0.1, 0.15) is 17.3 Å². The Balaban J connectivity index is 1.21. The van der Waals surface area contributed by atoms with Crippen molar-refractivity contribution in [3.05, 3.63) is 59.6 Å². The first-order valence-electron chi connectivity index (χ1n) is 9.41. The SMILES string of the molecule is O=C(CCOc1ccccc1)N1CC[NH+](Cc2nc3ccccc3s2)CC1.